The van der Waals surface area contributed by atoms with E-state index in [2.05, 4.69) is 0 Å². The monoisotopic (exact) mass is 732 g/mol. The molecule has 2 saturated heterocycles. The quantitative estimate of drug-likeness (QED) is 0.0635. The zero-order chi connectivity index (χ0) is 36.4. The highest BCUT2D eigenvalue weighted by atomic mass is 35.5. The molecule has 3 fully saturated rings. The molecule has 8 nitrogen and oxygen atoms in total. The molecule has 50 heavy (non-hydrogen) atoms. The van der Waals surface area contributed by atoms with Crippen molar-refractivity contribution in [1.29, 1.82) is 0 Å². The lowest BCUT2D eigenvalue weighted by Crippen LogP contribution is -2.60. The van der Waals surface area contributed by atoms with Crippen LogP contribution in [-0.2, 0) is 19.2 Å². The summed E-state index contributed by atoms with van der Waals surface area (Å²) < 4.78 is 73.2. The minimum Gasteiger partial charge on any atom is -0.508 e. The molecule has 4 amide bonds. The number of anilines is 2. The van der Waals surface area contributed by atoms with Crippen molar-refractivity contribution in [3.05, 3.63) is 99.9 Å². The average molecular weight is 733 g/mol. The van der Waals surface area contributed by atoms with Crippen molar-refractivity contribution in [2.24, 2.45) is 17.8 Å². The summed E-state index contributed by atoms with van der Waals surface area (Å²) in [6.45, 7) is 2.86. The molecule has 1 N–H and O–H groups in total. The van der Waals surface area contributed by atoms with Crippen LogP contribution in [0, 0.1) is 53.8 Å². The van der Waals surface area contributed by atoms with Gasteiger partial charge >= 0.3 is 0 Å². The lowest BCUT2D eigenvalue weighted by atomic mass is 9.56. The highest BCUT2D eigenvalue weighted by Gasteiger charge is 2.77. The summed E-state index contributed by atoms with van der Waals surface area (Å²) in [4.78, 5) is 63.7. The molecule has 0 bridgehead atoms. The van der Waals surface area contributed by atoms with Crippen LogP contribution in [0.5, 0.6) is 5.75 Å². The van der Waals surface area contributed by atoms with Gasteiger partial charge in [0.15, 0.2) is 38.8 Å². The number of ketones is 1. The third-order valence-corrected chi connectivity index (χ3v) is 11.7. The first-order chi connectivity index (χ1) is 23.5. The Morgan fingerprint density at radius 1 is 0.820 bits per heavy atom. The minimum absolute atomic E-state index is 0.0393. The van der Waals surface area contributed by atoms with Crippen LogP contribution in [0.4, 0.5) is 33.3 Å². The summed E-state index contributed by atoms with van der Waals surface area (Å²) in [5, 5.41) is 10.3. The summed E-state index contributed by atoms with van der Waals surface area (Å²) in [5.74, 6) is -21.9. The predicted octanol–water partition coefficient (Wildman–Crippen LogP) is 6.37. The van der Waals surface area contributed by atoms with Crippen LogP contribution < -0.4 is 9.80 Å². The van der Waals surface area contributed by atoms with Crippen LogP contribution in [0.15, 0.2) is 54.1 Å². The number of alkyl halides is 2. The van der Waals surface area contributed by atoms with E-state index in [1.54, 1.807) is 6.08 Å². The fourth-order valence-electron chi connectivity index (χ4n) is 7.90. The Hall–Kier alpha value is -4.62. The van der Waals surface area contributed by atoms with Crippen LogP contribution in [0.3, 0.4) is 0 Å². The van der Waals surface area contributed by atoms with E-state index < -0.39 is 98.2 Å². The first-order valence-corrected chi connectivity index (χ1v) is 16.0. The van der Waals surface area contributed by atoms with Gasteiger partial charge < -0.3 is 5.11 Å². The Morgan fingerprint density at radius 3 is 2.00 bits per heavy atom. The van der Waals surface area contributed by atoms with E-state index in [0.29, 0.717) is 5.56 Å². The second-order valence-corrected chi connectivity index (χ2v) is 14.1. The van der Waals surface area contributed by atoms with E-state index in [1.807, 2.05) is 0 Å². The van der Waals surface area contributed by atoms with E-state index in [-0.39, 0.29) is 45.2 Å². The van der Waals surface area contributed by atoms with E-state index in [0.717, 1.165) is 4.90 Å². The highest BCUT2D eigenvalue weighted by molar-refractivity contribution is 6.58. The molecule has 2 aliphatic carbocycles. The van der Waals surface area contributed by atoms with Crippen molar-refractivity contribution >= 4 is 64.0 Å². The van der Waals surface area contributed by atoms with Crippen molar-refractivity contribution in [2.45, 2.75) is 42.4 Å². The number of benzene rings is 3. The van der Waals surface area contributed by atoms with Crippen LogP contribution in [0.1, 0.15) is 47.2 Å². The standard InChI is InChI=1S/C35H23Cl2F5N2O6/c1-13-11-16(5-10-21(13)46)23-18-8-9-19-22(31(48)43(30(19)47)17-6-3-15(4-7-17)14(2)45)20(18)12-34(36)32(49)44(33(50)35(23,34)37)29-27(41)25(39)24(38)26(40)28(29)42/h3-8,10-11,19-20,22-23,46H,9,12H2,1-2H3. The van der Waals surface area contributed by atoms with Crippen molar-refractivity contribution in [2.75, 3.05) is 9.80 Å². The zero-order valence-corrected chi connectivity index (χ0v) is 27.4. The number of aryl methyl sites for hydroxylation is 1. The molecule has 3 aromatic carbocycles. The lowest BCUT2D eigenvalue weighted by Gasteiger charge is -2.50. The van der Waals surface area contributed by atoms with E-state index in [4.69, 9.17) is 23.2 Å². The number of imide groups is 2. The summed E-state index contributed by atoms with van der Waals surface area (Å²) in [6.07, 6.45) is 0.888. The average Bonchev–Trinajstić information content (AvgIpc) is 3.42. The summed E-state index contributed by atoms with van der Waals surface area (Å²) in [7, 11) is 0. The van der Waals surface area contributed by atoms with Gasteiger partial charge in [-0.25, -0.2) is 26.9 Å². The van der Waals surface area contributed by atoms with Crippen molar-refractivity contribution in [3.63, 3.8) is 0 Å². The number of hydrogen-bond acceptors (Lipinski definition) is 6. The van der Waals surface area contributed by atoms with E-state index in [1.165, 1.54) is 56.3 Å². The first-order valence-electron chi connectivity index (χ1n) is 15.2. The molecule has 0 aromatic heterocycles. The maximum atomic E-state index is 15.2. The molecule has 6 atom stereocenters. The molecule has 15 heteroatoms. The number of carbonyl (C=O) groups is 5. The fourth-order valence-corrected chi connectivity index (χ4v) is 8.83. The summed E-state index contributed by atoms with van der Waals surface area (Å²) in [6, 6.07) is 9.77. The van der Waals surface area contributed by atoms with E-state index >= 15 is 8.78 Å². The normalized spacial score (nSPS) is 28.9. The van der Waals surface area contributed by atoms with Gasteiger partial charge in [0, 0.05) is 11.5 Å². The Bertz CT molecular complexity index is 2110. The van der Waals surface area contributed by atoms with Crippen molar-refractivity contribution in [1.82, 2.24) is 0 Å². The number of phenolic OH excluding ortho intramolecular Hbond substituents is 1. The van der Waals surface area contributed by atoms with Crippen LogP contribution in [0.2, 0.25) is 0 Å². The molecule has 6 unspecified atom stereocenters. The van der Waals surface area contributed by atoms with Gasteiger partial charge in [0.2, 0.25) is 17.6 Å². The van der Waals surface area contributed by atoms with Gasteiger partial charge in [0.1, 0.15) is 11.4 Å². The number of allylic oxidation sites excluding steroid dienone is 2. The SMILES string of the molecule is CC(=O)c1ccc(N2C(=O)C3CC=C4C(CC5(Cl)C(=O)N(c6c(F)c(F)c(F)c(F)c6F)C(=O)C5(Cl)C4c4ccc(O)c(C)c4)C3C2=O)cc1. The van der Waals surface area contributed by atoms with Crippen LogP contribution in [0.25, 0.3) is 0 Å². The van der Waals surface area contributed by atoms with Gasteiger partial charge in [-0.2, -0.15) is 0 Å². The predicted molar refractivity (Wildman–Crippen MR) is 168 cm³/mol. The van der Waals surface area contributed by atoms with Crippen molar-refractivity contribution < 1.29 is 51.0 Å². The second-order valence-electron chi connectivity index (χ2n) is 12.9. The maximum absolute atomic E-state index is 15.2. The van der Waals surface area contributed by atoms with Gasteiger partial charge in [0.25, 0.3) is 11.8 Å². The molecular weight excluding hydrogens is 710 g/mol. The number of amides is 4. The first kappa shape index (κ1) is 33.9. The number of halogens is 7. The Balaban J connectivity index is 1.41. The van der Waals surface area contributed by atoms with Gasteiger partial charge in [-0.05, 0) is 74.1 Å². The number of fused-ring (bicyclic) bond motifs is 4. The molecule has 0 radical (unpaired) electrons. The molecule has 1 saturated carbocycles. The van der Waals surface area contributed by atoms with Crippen LogP contribution in [-0.4, -0.2) is 44.3 Å². The van der Waals surface area contributed by atoms with Crippen LogP contribution >= 0.6 is 23.2 Å². The molecule has 2 aliphatic heterocycles. The Labute approximate surface area is 290 Å². The smallest absolute Gasteiger partial charge is 0.258 e. The van der Waals surface area contributed by atoms with E-state index in [9.17, 15) is 42.3 Å². The molecule has 258 valence electrons. The highest BCUT2D eigenvalue weighted by Crippen LogP contribution is 2.66. The fraction of sp³-hybridized carbons (Fsp3) is 0.286. The number of phenols is 1. The number of hydrogen-bond donors (Lipinski definition) is 1. The number of Topliss-reactive ketones (excluding diaryl/α,β-unsaturated/α-hetero) is 1. The maximum Gasteiger partial charge on any atom is 0.258 e. The molecule has 4 aliphatic rings. The molecule has 2 heterocycles. The largest absolute Gasteiger partial charge is 0.508 e. The third-order valence-electron chi connectivity index (χ3n) is 10.3. The lowest BCUT2D eigenvalue weighted by molar-refractivity contribution is -0.125. The second kappa shape index (κ2) is 11.2. The molecule has 3 aromatic rings. The number of carbonyl (C=O) groups excluding carboxylic acids is 5. The van der Waals surface area contributed by atoms with Crippen molar-refractivity contribution in [3.8, 4) is 5.75 Å². The minimum atomic E-state index is -2.67. The Morgan fingerprint density at radius 2 is 1.42 bits per heavy atom. The number of rotatable bonds is 4. The number of aromatic hydroxyl groups is 1. The molecule has 7 rings (SSSR count). The molecule has 0 spiro atoms. The van der Waals surface area contributed by atoms with Gasteiger partial charge in [-0.15, -0.1) is 23.2 Å². The number of nitrogens with zero attached hydrogens (tertiary/aromatic N) is 2. The zero-order valence-electron chi connectivity index (χ0n) is 25.9. The summed E-state index contributed by atoms with van der Waals surface area (Å²) in [5.41, 5.74) is -0.645. The topological polar surface area (TPSA) is 112 Å². The Kier molecular flexibility index (Phi) is 7.58. The third kappa shape index (κ3) is 4.25. The van der Waals surface area contributed by atoms with Gasteiger partial charge in [0.05, 0.1) is 17.5 Å². The van der Waals surface area contributed by atoms with Gasteiger partial charge in [-0.1, -0.05) is 23.8 Å². The molecular formula is C35H23Cl2F5N2O6. The van der Waals surface area contributed by atoms with Gasteiger partial charge in [-0.3, -0.25) is 28.9 Å². The summed E-state index contributed by atoms with van der Waals surface area (Å²) >= 11 is 14.2.